The van der Waals surface area contributed by atoms with Crippen LogP contribution in [0.2, 0.25) is 0 Å². The molecule has 0 bridgehead atoms. The van der Waals surface area contributed by atoms with Gasteiger partial charge in [-0.05, 0) is 11.6 Å². The molecule has 0 aliphatic heterocycles. The van der Waals surface area contributed by atoms with Crippen LogP contribution >= 0.6 is 0 Å². The highest BCUT2D eigenvalue weighted by Crippen LogP contribution is 2.24. The van der Waals surface area contributed by atoms with Crippen LogP contribution in [0.25, 0.3) is 0 Å². The zero-order valence-electron chi connectivity index (χ0n) is 8.76. The van der Waals surface area contributed by atoms with Gasteiger partial charge < -0.3 is 16.2 Å². The Balaban J connectivity index is 2.08. The molecule has 0 radical (unpaired) electrons. The lowest BCUT2D eigenvalue weighted by Crippen LogP contribution is -2.03. The number of pyridine rings is 1. The molecule has 0 unspecified atom stereocenters. The number of benzene rings is 1. The molecule has 2 aromatic rings. The van der Waals surface area contributed by atoms with E-state index < -0.39 is 0 Å². The van der Waals surface area contributed by atoms with Crippen LogP contribution in [0.1, 0.15) is 5.56 Å². The van der Waals surface area contributed by atoms with Crippen LogP contribution in [0.15, 0.2) is 42.6 Å². The summed E-state index contributed by atoms with van der Waals surface area (Å²) in [6, 6.07) is 11.5. The van der Waals surface area contributed by atoms with Crippen molar-refractivity contribution >= 4 is 11.4 Å². The zero-order chi connectivity index (χ0) is 11.4. The summed E-state index contributed by atoms with van der Waals surface area (Å²) < 4.78 is 5.49. The van der Waals surface area contributed by atoms with Crippen molar-refractivity contribution in [3.63, 3.8) is 0 Å². The van der Waals surface area contributed by atoms with E-state index in [1.807, 2.05) is 30.3 Å². The first-order valence-corrected chi connectivity index (χ1v) is 4.94. The maximum atomic E-state index is 5.73. The van der Waals surface area contributed by atoms with E-state index in [0.717, 1.165) is 5.56 Å². The molecule has 0 atom stereocenters. The van der Waals surface area contributed by atoms with Gasteiger partial charge in [-0.2, -0.15) is 0 Å². The number of nitrogens with zero attached hydrogens (tertiary/aromatic N) is 1. The summed E-state index contributed by atoms with van der Waals surface area (Å²) in [4.78, 5) is 4.03. The first-order chi connectivity index (χ1) is 7.77. The normalized spacial score (nSPS) is 10.0. The average molecular weight is 215 g/mol. The van der Waals surface area contributed by atoms with E-state index in [2.05, 4.69) is 4.98 Å². The van der Waals surface area contributed by atoms with Gasteiger partial charge in [0.05, 0.1) is 5.69 Å². The number of rotatable bonds is 3. The van der Waals surface area contributed by atoms with E-state index in [1.165, 1.54) is 0 Å². The minimum absolute atomic E-state index is 0.379. The Morgan fingerprint density at radius 3 is 2.56 bits per heavy atom. The van der Waals surface area contributed by atoms with E-state index in [1.54, 1.807) is 12.3 Å². The summed E-state index contributed by atoms with van der Waals surface area (Å²) in [5.74, 6) is 0.379. The van der Waals surface area contributed by atoms with Crippen molar-refractivity contribution in [2.45, 2.75) is 6.61 Å². The maximum Gasteiger partial charge on any atom is 0.239 e. The highest BCUT2D eigenvalue weighted by molar-refractivity contribution is 5.67. The third-order valence-electron chi connectivity index (χ3n) is 2.21. The third-order valence-corrected chi connectivity index (χ3v) is 2.21. The van der Waals surface area contributed by atoms with E-state index in [9.17, 15) is 0 Å². The molecule has 0 spiro atoms. The lowest BCUT2D eigenvalue weighted by Gasteiger charge is -2.08. The van der Waals surface area contributed by atoms with Gasteiger partial charge in [-0.3, -0.25) is 0 Å². The predicted octanol–water partition coefficient (Wildman–Crippen LogP) is 1.82. The Kier molecular flexibility index (Phi) is 2.91. The molecule has 82 valence electrons. The van der Waals surface area contributed by atoms with Crippen molar-refractivity contribution in [1.29, 1.82) is 0 Å². The first-order valence-electron chi connectivity index (χ1n) is 4.94. The van der Waals surface area contributed by atoms with E-state index in [4.69, 9.17) is 16.2 Å². The molecule has 0 saturated heterocycles. The summed E-state index contributed by atoms with van der Waals surface area (Å²) in [6.07, 6.45) is 1.58. The number of hydrogen-bond donors (Lipinski definition) is 2. The molecule has 0 aliphatic rings. The molecule has 0 aliphatic carbocycles. The second kappa shape index (κ2) is 4.53. The van der Waals surface area contributed by atoms with E-state index >= 15 is 0 Å². The Hall–Kier alpha value is -2.23. The van der Waals surface area contributed by atoms with Crippen molar-refractivity contribution in [3.05, 3.63) is 48.2 Å². The SMILES string of the molecule is Nc1ccnc(OCc2ccccc2)c1N. The summed E-state index contributed by atoms with van der Waals surface area (Å²) in [5, 5.41) is 0. The van der Waals surface area contributed by atoms with Crippen LogP contribution in [0, 0.1) is 0 Å². The van der Waals surface area contributed by atoms with E-state index in [-0.39, 0.29) is 0 Å². The van der Waals surface area contributed by atoms with Crippen LogP contribution in [-0.2, 0) is 6.61 Å². The number of ether oxygens (including phenoxy) is 1. The Morgan fingerprint density at radius 2 is 1.81 bits per heavy atom. The van der Waals surface area contributed by atoms with Crippen molar-refractivity contribution in [3.8, 4) is 5.88 Å². The molecule has 1 aromatic carbocycles. The molecule has 1 heterocycles. The summed E-state index contributed by atoms with van der Waals surface area (Å²) in [7, 11) is 0. The molecule has 4 nitrogen and oxygen atoms in total. The molecule has 0 amide bonds. The third kappa shape index (κ3) is 2.23. The van der Waals surface area contributed by atoms with Crippen molar-refractivity contribution in [1.82, 2.24) is 4.98 Å². The molecule has 4 N–H and O–H groups in total. The van der Waals surface area contributed by atoms with Crippen LogP contribution in [-0.4, -0.2) is 4.98 Å². The zero-order valence-corrected chi connectivity index (χ0v) is 8.76. The lowest BCUT2D eigenvalue weighted by molar-refractivity contribution is 0.296. The number of nitrogen functional groups attached to an aromatic ring is 2. The summed E-state index contributed by atoms with van der Waals surface area (Å²) >= 11 is 0. The Bertz CT molecular complexity index is 471. The van der Waals surface area contributed by atoms with Gasteiger partial charge in [0, 0.05) is 6.20 Å². The van der Waals surface area contributed by atoms with Crippen LogP contribution in [0.4, 0.5) is 11.4 Å². The molecule has 1 aromatic heterocycles. The van der Waals surface area contributed by atoms with Gasteiger partial charge in [0.2, 0.25) is 5.88 Å². The van der Waals surface area contributed by atoms with Crippen LogP contribution in [0.3, 0.4) is 0 Å². The van der Waals surface area contributed by atoms with Gasteiger partial charge in [0.25, 0.3) is 0 Å². The second-order valence-electron chi connectivity index (χ2n) is 3.39. The molecule has 16 heavy (non-hydrogen) atoms. The molecular formula is C12H13N3O. The number of anilines is 2. The second-order valence-corrected chi connectivity index (χ2v) is 3.39. The molecule has 2 rings (SSSR count). The molecular weight excluding hydrogens is 202 g/mol. The van der Waals surface area contributed by atoms with Crippen LogP contribution < -0.4 is 16.2 Å². The average Bonchev–Trinajstić information content (AvgIpc) is 2.32. The van der Waals surface area contributed by atoms with Crippen molar-refractivity contribution in [2.24, 2.45) is 0 Å². The summed E-state index contributed by atoms with van der Waals surface area (Å²) in [6.45, 7) is 0.432. The predicted molar refractivity (Wildman–Crippen MR) is 63.8 cm³/mol. The Labute approximate surface area is 93.9 Å². The number of nitrogens with two attached hydrogens (primary N) is 2. The topological polar surface area (TPSA) is 74.2 Å². The largest absolute Gasteiger partial charge is 0.471 e. The number of aromatic nitrogens is 1. The fourth-order valence-electron chi connectivity index (χ4n) is 1.31. The van der Waals surface area contributed by atoms with Crippen LogP contribution in [0.5, 0.6) is 5.88 Å². The minimum atomic E-state index is 0.379. The smallest absolute Gasteiger partial charge is 0.239 e. The van der Waals surface area contributed by atoms with Gasteiger partial charge in [-0.15, -0.1) is 0 Å². The molecule has 0 fully saturated rings. The van der Waals surface area contributed by atoms with E-state index in [0.29, 0.717) is 23.9 Å². The highest BCUT2D eigenvalue weighted by Gasteiger charge is 2.04. The minimum Gasteiger partial charge on any atom is -0.471 e. The van der Waals surface area contributed by atoms with Crippen molar-refractivity contribution < 1.29 is 4.74 Å². The molecule has 0 saturated carbocycles. The van der Waals surface area contributed by atoms with Gasteiger partial charge in [-0.25, -0.2) is 4.98 Å². The standard InChI is InChI=1S/C12H13N3O/c13-10-6-7-15-12(11(10)14)16-8-9-4-2-1-3-5-9/h1-7H,8,14H2,(H2,13,15). The Morgan fingerprint density at radius 1 is 1.06 bits per heavy atom. The molecule has 4 heteroatoms. The van der Waals surface area contributed by atoms with Gasteiger partial charge in [-0.1, -0.05) is 30.3 Å². The fourth-order valence-corrected chi connectivity index (χ4v) is 1.31. The maximum absolute atomic E-state index is 5.73. The van der Waals surface area contributed by atoms with Gasteiger partial charge in [0.1, 0.15) is 12.3 Å². The number of hydrogen-bond acceptors (Lipinski definition) is 4. The van der Waals surface area contributed by atoms with Crippen molar-refractivity contribution in [2.75, 3.05) is 11.5 Å². The van der Waals surface area contributed by atoms with Gasteiger partial charge in [0.15, 0.2) is 0 Å². The fraction of sp³-hybridized carbons (Fsp3) is 0.0833. The highest BCUT2D eigenvalue weighted by atomic mass is 16.5. The first kappa shape index (κ1) is 10.3. The summed E-state index contributed by atoms with van der Waals surface area (Å²) in [5.41, 5.74) is 13.3. The monoisotopic (exact) mass is 215 g/mol. The quantitative estimate of drug-likeness (QED) is 0.819. The van der Waals surface area contributed by atoms with Gasteiger partial charge >= 0.3 is 0 Å². The lowest BCUT2D eigenvalue weighted by atomic mass is 10.2.